The van der Waals surface area contributed by atoms with Crippen LogP contribution in [0, 0.1) is 0 Å². The van der Waals surface area contributed by atoms with Crippen molar-refractivity contribution in [2.45, 2.75) is 45.8 Å². The van der Waals surface area contributed by atoms with Crippen molar-refractivity contribution in [2.75, 3.05) is 0 Å². The van der Waals surface area contributed by atoms with Crippen molar-refractivity contribution in [3.05, 3.63) is 70.3 Å². The number of hydrogen-bond acceptors (Lipinski definition) is 5. The molecule has 0 aliphatic carbocycles. The van der Waals surface area contributed by atoms with Crippen LogP contribution in [0.15, 0.2) is 58.0 Å². The number of rotatable bonds is 8. The Morgan fingerprint density at radius 3 is 2.75 bits per heavy atom. The molecule has 146 valence electrons. The van der Waals surface area contributed by atoms with Gasteiger partial charge in [-0.05, 0) is 55.2 Å². The van der Waals surface area contributed by atoms with E-state index >= 15 is 0 Å². The van der Waals surface area contributed by atoms with Gasteiger partial charge in [0.15, 0.2) is 6.10 Å². The molecule has 6 heteroatoms. The maximum atomic E-state index is 12.3. The van der Waals surface area contributed by atoms with E-state index < -0.39 is 6.10 Å². The van der Waals surface area contributed by atoms with Gasteiger partial charge < -0.3 is 14.5 Å². The molecule has 28 heavy (non-hydrogen) atoms. The number of benzene rings is 1. The standard InChI is InChI=1S/C22H24N2O4/c1-3-4-5-17-12-21(25)28-20-13-18(6-7-19(17)20)27-15(2)22(26)24-14-16-8-10-23-11-9-16/h6-13,15H,3-5,14H2,1-2H3,(H,24,26). The van der Waals surface area contributed by atoms with Gasteiger partial charge in [0.25, 0.3) is 5.91 Å². The van der Waals surface area contributed by atoms with Gasteiger partial charge in [0.05, 0.1) is 0 Å². The van der Waals surface area contributed by atoms with Crippen molar-refractivity contribution < 1.29 is 13.9 Å². The van der Waals surface area contributed by atoms with E-state index in [-0.39, 0.29) is 11.5 Å². The largest absolute Gasteiger partial charge is 0.481 e. The first-order valence-electron chi connectivity index (χ1n) is 9.47. The fourth-order valence-corrected chi connectivity index (χ4v) is 2.95. The molecule has 0 aliphatic heterocycles. The lowest BCUT2D eigenvalue weighted by atomic mass is 10.0. The molecule has 0 radical (unpaired) electrons. The van der Waals surface area contributed by atoms with E-state index in [0.717, 1.165) is 35.8 Å². The second-order valence-corrected chi connectivity index (χ2v) is 6.69. The van der Waals surface area contributed by atoms with Crippen molar-refractivity contribution in [2.24, 2.45) is 0 Å². The van der Waals surface area contributed by atoms with Crippen LogP contribution in [0.4, 0.5) is 0 Å². The molecular formula is C22H24N2O4. The summed E-state index contributed by atoms with van der Waals surface area (Å²) in [6.07, 6.45) is 5.56. The number of aromatic nitrogens is 1. The Kier molecular flexibility index (Phi) is 6.42. The van der Waals surface area contributed by atoms with Crippen LogP contribution < -0.4 is 15.7 Å². The number of hydrogen-bond donors (Lipinski definition) is 1. The monoisotopic (exact) mass is 380 g/mol. The number of carbonyl (C=O) groups is 1. The van der Waals surface area contributed by atoms with Gasteiger partial charge in [-0.15, -0.1) is 0 Å². The highest BCUT2D eigenvalue weighted by molar-refractivity contribution is 5.83. The summed E-state index contributed by atoms with van der Waals surface area (Å²) in [4.78, 5) is 28.1. The summed E-state index contributed by atoms with van der Waals surface area (Å²) < 4.78 is 11.1. The molecule has 0 saturated carbocycles. The first-order chi connectivity index (χ1) is 13.6. The van der Waals surface area contributed by atoms with Crippen LogP contribution >= 0.6 is 0 Å². The van der Waals surface area contributed by atoms with Crippen LogP contribution in [0.5, 0.6) is 5.75 Å². The fraction of sp³-hybridized carbons (Fsp3) is 0.318. The molecular weight excluding hydrogens is 356 g/mol. The third kappa shape index (κ3) is 4.97. The second-order valence-electron chi connectivity index (χ2n) is 6.69. The van der Waals surface area contributed by atoms with Crippen LogP contribution in [0.1, 0.15) is 37.8 Å². The summed E-state index contributed by atoms with van der Waals surface area (Å²) in [5.41, 5.74) is 2.03. The molecule has 6 nitrogen and oxygen atoms in total. The zero-order chi connectivity index (χ0) is 19.9. The first-order valence-corrected chi connectivity index (χ1v) is 9.47. The third-order valence-electron chi connectivity index (χ3n) is 4.50. The predicted molar refractivity (Wildman–Crippen MR) is 107 cm³/mol. The minimum Gasteiger partial charge on any atom is -0.481 e. The van der Waals surface area contributed by atoms with Crippen molar-refractivity contribution in [1.29, 1.82) is 0 Å². The maximum Gasteiger partial charge on any atom is 0.336 e. The van der Waals surface area contributed by atoms with Gasteiger partial charge in [-0.25, -0.2) is 4.79 Å². The number of aryl methyl sites for hydroxylation is 1. The molecule has 1 unspecified atom stereocenters. The minimum absolute atomic E-state index is 0.227. The number of amides is 1. The number of unbranched alkanes of at least 4 members (excludes halogenated alkanes) is 1. The van der Waals surface area contributed by atoms with Crippen molar-refractivity contribution >= 4 is 16.9 Å². The van der Waals surface area contributed by atoms with Gasteiger partial charge in [0.1, 0.15) is 11.3 Å². The first kappa shape index (κ1) is 19.6. The molecule has 1 amide bonds. The van der Waals surface area contributed by atoms with Gasteiger partial charge >= 0.3 is 5.63 Å². The maximum absolute atomic E-state index is 12.3. The lowest BCUT2D eigenvalue weighted by Gasteiger charge is -2.15. The van der Waals surface area contributed by atoms with Crippen LogP contribution in [0.2, 0.25) is 0 Å². The molecule has 0 fully saturated rings. The number of pyridine rings is 1. The highest BCUT2D eigenvalue weighted by Gasteiger charge is 2.15. The highest BCUT2D eigenvalue weighted by atomic mass is 16.5. The van der Waals surface area contributed by atoms with E-state index in [4.69, 9.17) is 9.15 Å². The number of fused-ring (bicyclic) bond motifs is 1. The zero-order valence-corrected chi connectivity index (χ0v) is 16.1. The van der Waals surface area contributed by atoms with Gasteiger partial charge in [-0.1, -0.05) is 13.3 Å². The number of nitrogens with zero attached hydrogens (tertiary/aromatic N) is 1. The van der Waals surface area contributed by atoms with Crippen molar-refractivity contribution in [3.63, 3.8) is 0 Å². The Bertz CT molecular complexity index is 998. The highest BCUT2D eigenvalue weighted by Crippen LogP contribution is 2.24. The van der Waals surface area contributed by atoms with Crippen LogP contribution in [0.3, 0.4) is 0 Å². The second kappa shape index (κ2) is 9.17. The van der Waals surface area contributed by atoms with Gasteiger partial charge in [0, 0.05) is 36.5 Å². The zero-order valence-electron chi connectivity index (χ0n) is 16.1. The normalized spacial score (nSPS) is 11.9. The number of nitrogens with one attached hydrogen (secondary N) is 1. The Morgan fingerprint density at radius 2 is 2.00 bits per heavy atom. The van der Waals surface area contributed by atoms with E-state index in [1.807, 2.05) is 18.2 Å². The Labute approximate surface area is 163 Å². The molecule has 0 aliphatic rings. The molecule has 3 aromatic rings. The summed E-state index contributed by atoms with van der Waals surface area (Å²) in [5, 5.41) is 3.73. The average molecular weight is 380 g/mol. The molecule has 2 heterocycles. The van der Waals surface area contributed by atoms with E-state index in [2.05, 4.69) is 17.2 Å². The van der Waals surface area contributed by atoms with E-state index in [1.165, 1.54) is 0 Å². The molecule has 0 spiro atoms. The topological polar surface area (TPSA) is 81.4 Å². The molecule has 3 rings (SSSR count). The van der Waals surface area contributed by atoms with Crippen LogP contribution in [-0.4, -0.2) is 17.0 Å². The lowest BCUT2D eigenvalue weighted by Crippen LogP contribution is -2.35. The van der Waals surface area contributed by atoms with Gasteiger partial charge in [-0.2, -0.15) is 0 Å². The predicted octanol–water partition coefficient (Wildman–Crippen LogP) is 3.61. The molecule has 1 aromatic carbocycles. The molecule has 2 aromatic heterocycles. The lowest BCUT2D eigenvalue weighted by molar-refractivity contribution is -0.127. The Hall–Kier alpha value is -3.15. The quantitative estimate of drug-likeness (QED) is 0.604. The average Bonchev–Trinajstić information content (AvgIpc) is 2.70. The van der Waals surface area contributed by atoms with Crippen molar-refractivity contribution in [1.82, 2.24) is 10.3 Å². The number of ether oxygens (including phenoxy) is 1. The Morgan fingerprint density at radius 1 is 1.21 bits per heavy atom. The number of carbonyl (C=O) groups excluding carboxylic acids is 1. The van der Waals surface area contributed by atoms with Gasteiger partial charge in [-0.3, -0.25) is 9.78 Å². The fourth-order valence-electron chi connectivity index (χ4n) is 2.95. The summed E-state index contributed by atoms with van der Waals surface area (Å²) >= 11 is 0. The van der Waals surface area contributed by atoms with E-state index in [0.29, 0.717) is 17.9 Å². The smallest absolute Gasteiger partial charge is 0.336 e. The molecule has 1 N–H and O–H groups in total. The summed E-state index contributed by atoms with van der Waals surface area (Å²) in [6, 6.07) is 10.6. The molecule has 0 saturated heterocycles. The molecule has 1 atom stereocenters. The summed E-state index contributed by atoms with van der Waals surface area (Å²) in [5.74, 6) is 0.255. The van der Waals surface area contributed by atoms with Gasteiger partial charge in [0.2, 0.25) is 0 Å². The summed E-state index contributed by atoms with van der Waals surface area (Å²) in [6.45, 7) is 4.20. The van der Waals surface area contributed by atoms with E-state index in [9.17, 15) is 9.59 Å². The van der Waals surface area contributed by atoms with Crippen LogP contribution in [-0.2, 0) is 17.8 Å². The van der Waals surface area contributed by atoms with E-state index in [1.54, 1.807) is 37.5 Å². The third-order valence-corrected chi connectivity index (χ3v) is 4.50. The van der Waals surface area contributed by atoms with Crippen LogP contribution in [0.25, 0.3) is 11.0 Å². The SMILES string of the molecule is CCCCc1cc(=O)oc2cc(OC(C)C(=O)NCc3ccncc3)ccc12. The summed E-state index contributed by atoms with van der Waals surface area (Å²) in [7, 11) is 0. The molecule has 0 bridgehead atoms. The van der Waals surface area contributed by atoms with Crippen molar-refractivity contribution in [3.8, 4) is 5.75 Å². The minimum atomic E-state index is -0.686. The Balaban J connectivity index is 1.69.